The number of benzene rings is 1. The first-order valence-electron chi connectivity index (χ1n) is 3.65. The maximum atomic E-state index is 12.7. The van der Waals surface area contributed by atoms with Crippen LogP contribution in [0.15, 0.2) is 18.2 Å². The number of nitrogens with zero attached hydrogens (tertiary/aromatic N) is 1. The first-order valence-corrected chi connectivity index (χ1v) is 3.65. The second kappa shape index (κ2) is 4.13. The van der Waals surface area contributed by atoms with Gasteiger partial charge in [-0.3, -0.25) is 0 Å². The molecule has 13 heavy (non-hydrogen) atoms. The first-order chi connectivity index (χ1) is 6.24. The number of halogens is 1. The Bertz CT molecular complexity index is 407. The molecule has 2 nitrogen and oxygen atoms in total. The minimum atomic E-state index is -0.453. The number of nitrogens with two attached hydrogens (primary N) is 1. The van der Waals surface area contributed by atoms with Crippen molar-refractivity contribution in [2.75, 3.05) is 5.73 Å². The minimum absolute atomic E-state index is 0.0729. The van der Waals surface area contributed by atoms with Crippen LogP contribution in [-0.4, -0.2) is 0 Å². The topological polar surface area (TPSA) is 49.8 Å². The molecule has 1 aromatic rings. The van der Waals surface area contributed by atoms with E-state index in [-0.39, 0.29) is 12.1 Å². The molecule has 0 aromatic heterocycles. The van der Waals surface area contributed by atoms with Gasteiger partial charge >= 0.3 is 0 Å². The first kappa shape index (κ1) is 9.09. The van der Waals surface area contributed by atoms with E-state index < -0.39 is 5.82 Å². The van der Waals surface area contributed by atoms with Gasteiger partial charge in [-0.05, 0) is 18.2 Å². The molecule has 0 heterocycles. The predicted molar refractivity (Wildman–Crippen MR) is 47.9 cm³/mol. The molecule has 0 radical (unpaired) electrons. The van der Waals surface area contributed by atoms with Gasteiger partial charge in [-0.2, -0.15) is 5.26 Å². The number of nitrogen functional groups attached to an aromatic ring is 1. The van der Waals surface area contributed by atoms with Crippen LogP contribution in [0.3, 0.4) is 0 Å². The third-order valence-electron chi connectivity index (χ3n) is 1.40. The number of hydrogen-bond donors (Lipinski definition) is 1. The maximum absolute atomic E-state index is 12.7. The Kier molecular flexibility index (Phi) is 2.89. The third-order valence-corrected chi connectivity index (χ3v) is 1.40. The predicted octanol–water partition coefficient (Wildman–Crippen LogP) is 1.67. The highest BCUT2D eigenvalue weighted by Gasteiger charge is 1.96. The quantitative estimate of drug-likeness (QED) is 0.480. The van der Waals surface area contributed by atoms with E-state index >= 15 is 0 Å². The Labute approximate surface area is 75.8 Å². The average Bonchev–Trinajstić information content (AvgIpc) is 2.12. The van der Waals surface area contributed by atoms with Gasteiger partial charge in [0.15, 0.2) is 0 Å². The summed E-state index contributed by atoms with van der Waals surface area (Å²) in [6.07, 6.45) is 0.164. The Balaban J connectivity index is 2.89. The van der Waals surface area contributed by atoms with Gasteiger partial charge < -0.3 is 5.73 Å². The molecule has 0 amide bonds. The lowest BCUT2D eigenvalue weighted by Crippen LogP contribution is -1.90. The Morgan fingerprint density at radius 2 is 2.23 bits per heavy atom. The molecule has 0 aliphatic heterocycles. The molecule has 0 fully saturated rings. The van der Waals surface area contributed by atoms with E-state index in [1.54, 1.807) is 0 Å². The maximum Gasteiger partial charge on any atom is 0.146 e. The molecule has 3 heteroatoms. The molecule has 0 spiro atoms. The summed E-state index contributed by atoms with van der Waals surface area (Å²) in [6.45, 7) is 0. The zero-order valence-corrected chi connectivity index (χ0v) is 6.84. The molecule has 2 N–H and O–H groups in total. The van der Waals surface area contributed by atoms with Crippen molar-refractivity contribution in [3.63, 3.8) is 0 Å². The molecule has 0 bridgehead atoms. The van der Waals surface area contributed by atoms with Crippen molar-refractivity contribution in [2.24, 2.45) is 0 Å². The summed E-state index contributed by atoms with van der Waals surface area (Å²) in [6, 6.07) is 6.11. The van der Waals surface area contributed by atoms with Gasteiger partial charge in [0.25, 0.3) is 0 Å². The lowest BCUT2D eigenvalue weighted by Gasteiger charge is -1.95. The van der Waals surface area contributed by atoms with Gasteiger partial charge in [0, 0.05) is 5.56 Å². The molecule has 0 aliphatic carbocycles. The largest absolute Gasteiger partial charge is 0.396 e. The zero-order valence-electron chi connectivity index (χ0n) is 6.84. The number of hydrogen-bond acceptors (Lipinski definition) is 2. The van der Waals surface area contributed by atoms with E-state index in [1.165, 1.54) is 18.2 Å². The van der Waals surface area contributed by atoms with Crippen LogP contribution >= 0.6 is 0 Å². The SMILES string of the molecule is N#CCC#Cc1ccc(F)c(N)c1. The smallest absolute Gasteiger partial charge is 0.146 e. The molecule has 0 atom stereocenters. The van der Waals surface area contributed by atoms with Gasteiger partial charge in [0.05, 0.1) is 18.2 Å². The van der Waals surface area contributed by atoms with Crippen LogP contribution in [0.25, 0.3) is 0 Å². The molecular weight excluding hydrogens is 167 g/mol. The summed E-state index contributed by atoms with van der Waals surface area (Å²) in [4.78, 5) is 0. The van der Waals surface area contributed by atoms with Crippen molar-refractivity contribution in [1.29, 1.82) is 5.26 Å². The van der Waals surface area contributed by atoms with Crippen molar-refractivity contribution in [2.45, 2.75) is 6.42 Å². The second-order valence-corrected chi connectivity index (χ2v) is 2.37. The minimum Gasteiger partial charge on any atom is -0.396 e. The standard InChI is InChI=1S/C10H7FN2/c11-9-5-4-8(7-10(9)13)3-1-2-6-12/h4-5,7H,2,13H2. The van der Waals surface area contributed by atoms with Crippen LogP contribution in [0.1, 0.15) is 12.0 Å². The highest BCUT2D eigenvalue weighted by Crippen LogP contribution is 2.10. The van der Waals surface area contributed by atoms with E-state index in [1.807, 2.05) is 6.07 Å². The van der Waals surface area contributed by atoms with Gasteiger partial charge in [0.2, 0.25) is 0 Å². The lowest BCUT2D eigenvalue weighted by molar-refractivity contribution is 0.632. The fourth-order valence-electron chi connectivity index (χ4n) is 0.807. The van der Waals surface area contributed by atoms with Crippen molar-refractivity contribution in [3.05, 3.63) is 29.6 Å². The van der Waals surface area contributed by atoms with Crippen molar-refractivity contribution < 1.29 is 4.39 Å². The monoisotopic (exact) mass is 174 g/mol. The molecule has 1 rings (SSSR count). The van der Waals surface area contributed by atoms with E-state index in [0.29, 0.717) is 5.56 Å². The van der Waals surface area contributed by atoms with E-state index in [4.69, 9.17) is 11.0 Å². The number of rotatable bonds is 0. The van der Waals surface area contributed by atoms with Crippen molar-refractivity contribution in [3.8, 4) is 17.9 Å². The second-order valence-electron chi connectivity index (χ2n) is 2.37. The molecular formula is C10H7FN2. The fraction of sp³-hybridized carbons (Fsp3) is 0.100. The van der Waals surface area contributed by atoms with Gasteiger partial charge in [0.1, 0.15) is 5.82 Å². The molecule has 1 aromatic carbocycles. The molecule has 0 aliphatic rings. The van der Waals surface area contributed by atoms with Crippen LogP contribution in [0.2, 0.25) is 0 Å². The molecule has 0 unspecified atom stereocenters. The summed E-state index contributed by atoms with van der Waals surface area (Å²) in [5, 5.41) is 8.21. The van der Waals surface area contributed by atoms with Crippen LogP contribution < -0.4 is 5.73 Å². The number of nitriles is 1. The normalized spacial score (nSPS) is 8.31. The summed E-state index contributed by atoms with van der Waals surface area (Å²) in [7, 11) is 0. The summed E-state index contributed by atoms with van der Waals surface area (Å²) >= 11 is 0. The van der Waals surface area contributed by atoms with Crippen LogP contribution in [0, 0.1) is 29.0 Å². The molecule has 64 valence electrons. The van der Waals surface area contributed by atoms with Crippen LogP contribution in [0.4, 0.5) is 10.1 Å². The summed E-state index contributed by atoms with van der Waals surface area (Å²) in [5.41, 5.74) is 6.01. The summed E-state index contributed by atoms with van der Waals surface area (Å²) < 4.78 is 12.7. The number of anilines is 1. The highest BCUT2D eigenvalue weighted by molar-refractivity contribution is 5.48. The molecule has 0 saturated heterocycles. The lowest BCUT2D eigenvalue weighted by atomic mass is 10.2. The van der Waals surface area contributed by atoms with Crippen LogP contribution in [0.5, 0.6) is 0 Å². The van der Waals surface area contributed by atoms with E-state index in [0.717, 1.165) is 0 Å². The van der Waals surface area contributed by atoms with Crippen molar-refractivity contribution >= 4 is 5.69 Å². The Morgan fingerprint density at radius 1 is 1.46 bits per heavy atom. The third kappa shape index (κ3) is 2.50. The zero-order chi connectivity index (χ0) is 9.68. The van der Waals surface area contributed by atoms with Gasteiger partial charge in [-0.15, -0.1) is 0 Å². The summed E-state index contributed by atoms with van der Waals surface area (Å²) in [5.74, 6) is 4.85. The van der Waals surface area contributed by atoms with E-state index in [2.05, 4.69) is 11.8 Å². The Hall–Kier alpha value is -2.00. The van der Waals surface area contributed by atoms with Gasteiger partial charge in [-0.25, -0.2) is 4.39 Å². The molecule has 0 saturated carbocycles. The van der Waals surface area contributed by atoms with Crippen molar-refractivity contribution in [1.82, 2.24) is 0 Å². The highest BCUT2D eigenvalue weighted by atomic mass is 19.1. The fourth-order valence-corrected chi connectivity index (χ4v) is 0.807. The average molecular weight is 174 g/mol. The van der Waals surface area contributed by atoms with Crippen LogP contribution in [-0.2, 0) is 0 Å². The van der Waals surface area contributed by atoms with E-state index in [9.17, 15) is 4.39 Å². The Morgan fingerprint density at radius 3 is 2.85 bits per heavy atom. The van der Waals surface area contributed by atoms with Gasteiger partial charge in [-0.1, -0.05) is 11.8 Å².